The Labute approximate surface area is 147 Å². The highest BCUT2D eigenvalue weighted by Crippen LogP contribution is 2.49. The van der Waals surface area contributed by atoms with Gasteiger partial charge in [-0.1, -0.05) is 37.5 Å². The normalized spacial score (nSPS) is 22.0. The predicted octanol–water partition coefficient (Wildman–Crippen LogP) is 3.89. The molecule has 4 rings (SSSR count). The lowest BCUT2D eigenvalue weighted by molar-refractivity contribution is -0.228. The second kappa shape index (κ2) is 6.39. The van der Waals surface area contributed by atoms with Crippen molar-refractivity contribution in [3.05, 3.63) is 36.5 Å². The minimum absolute atomic E-state index is 0.0197. The van der Waals surface area contributed by atoms with Crippen LogP contribution >= 0.6 is 0 Å². The molecule has 0 spiro atoms. The van der Waals surface area contributed by atoms with E-state index in [-0.39, 0.29) is 5.91 Å². The second-order valence-corrected chi connectivity index (χ2v) is 7.16. The second-order valence-electron chi connectivity index (χ2n) is 7.16. The molecule has 5 heteroatoms. The van der Waals surface area contributed by atoms with Crippen LogP contribution in [-0.2, 0) is 14.3 Å². The molecule has 2 fully saturated rings. The Bertz CT molecular complexity index is 777. The van der Waals surface area contributed by atoms with Crippen molar-refractivity contribution in [1.29, 1.82) is 0 Å². The first-order valence-electron chi connectivity index (χ1n) is 9.07. The van der Waals surface area contributed by atoms with Crippen LogP contribution in [0.1, 0.15) is 39.0 Å². The Morgan fingerprint density at radius 1 is 1.12 bits per heavy atom. The Morgan fingerprint density at radius 3 is 2.60 bits per heavy atom. The van der Waals surface area contributed by atoms with E-state index in [1.807, 2.05) is 37.3 Å². The van der Waals surface area contributed by atoms with Gasteiger partial charge in [0.1, 0.15) is 5.41 Å². The van der Waals surface area contributed by atoms with E-state index in [1.165, 1.54) is 0 Å². The number of nitrogens with one attached hydrogen (secondary N) is 1. The Hall–Kier alpha value is -1.98. The molecule has 0 unspecified atom stereocenters. The first-order chi connectivity index (χ1) is 12.1. The number of nitrogens with zero attached hydrogens (tertiary/aromatic N) is 1. The highest BCUT2D eigenvalue weighted by Gasteiger charge is 2.57. The van der Waals surface area contributed by atoms with E-state index in [1.54, 1.807) is 6.20 Å². The number of hydrogen-bond acceptors (Lipinski definition) is 4. The van der Waals surface area contributed by atoms with Gasteiger partial charge in [0.15, 0.2) is 5.79 Å². The first kappa shape index (κ1) is 16.5. The van der Waals surface area contributed by atoms with Crippen molar-refractivity contribution in [2.24, 2.45) is 5.41 Å². The standard InChI is InChI=1S/C20H24N2O3/c1-19(24-11-12-25-19)20(9-5-2-6-10-20)18(23)22-16-13-15-7-3-4-8-17(15)21-14-16/h3-4,7-8,13-14H,2,5-6,9-12H2,1H3,(H,22,23). The molecule has 2 heterocycles. The summed E-state index contributed by atoms with van der Waals surface area (Å²) in [7, 11) is 0. The largest absolute Gasteiger partial charge is 0.347 e. The van der Waals surface area contributed by atoms with Crippen molar-refractivity contribution < 1.29 is 14.3 Å². The van der Waals surface area contributed by atoms with Crippen LogP contribution in [0.25, 0.3) is 10.9 Å². The molecule has 0 radical (unpaired) electrons. The summed E-state index contributed by atoms with van der Waals surface area (Å²) in [6.07, 6.45) is 6.49. The minimum Gasteiger partial charge on any atom is -0.347 e. The van der Waals surface area contributed by atoms with Gasteiger partial charge >= 0.3 is 0 Å². The number of fused-ring (bicyclic) bond motifs is 1. The maximum Gasteiger partial charge on any atom is 0.236 e. The predicted molar refractivity (Wildman–Crippen MR) is 96.2 cm³/mol. The SMILES string of the molecule is CC1(C2(C(=O)Nc3cnc4ccccc4c3)CCCCC2)OCCO1. The number of pyridine rings is 1. The lowest BCUT2D eigenvalue weighted by atomic mass is 9.67. The molecule has 132 valence electrons. The van der Waals surface area contributed by atoms with Crippen LogP contribution in [0.4, 0.5) is 5.69 Å². The molecule has 2 aromatic rings. The van der Waals surface area contributed by atoms with Crippen LogP contribution < -0.4 is 5.32 Å². The van der Waals surface area contributed by atoms with Crippen molar-refractivity contribution in [3.8, 4) is 0 Å². The van der Waals surface area contributed by atoms with Crippen LogP contribution in [0.15, 0.2) is 36.5 Å². The topological polar surface area (TPSA) is 60.5 Å². The Kier molecular flexibility index (Phi) is 4.21. The number of rotatable bonds is 3. The molecule has 1 N–H and O–H groups in total. The molecule has 0 bridgehead atoms. The zero-order valence-electron chi connectivity index (χ0n) is 14.6. The number of carbonyl (C=O) groups excluding carboxylic acids is 1. The van der Waals surface area contributed by atoms with E-state index in [2.05, 4.69) is 10.3 Å². The Balaban J connectivity index is 1.63. The molecule has 1 saturated heterocycles. The van der Waals surface area contributed by atoms with Gasteiger partial charge in [0.05, 0.1) is 30.6 Å². The molecule has 1 aromatic heterocycles. The molecule has 5 nitrogen and oxygen atoms in total. The monoisotopic (exact) mass is 340 g/mol. The van der Waals surface area contributed by atoms with Gasteiger partial charge in [-0.3, -0.25) is 9.78 Å². The molecule has 1 aromatic carbocycles. The van der Waals surface area contributed by atoms with Crippen LogP contribution in [0.2, 0.25) is 0 Å². The molecule has 1 saturated carbocycles. The molecule has 2 aliphatic rings. The summed E-state index contributed by atoms with van der Waals surface area (Å²) in [6.45, 7) is 3.01. The molecule has 1 aliphatic carbocycles. The number of para-hydroxylation sites is 1. The fraction of sp³-hybridized carbons (Fsp3) is 0.500. The van der Waals surface area contributed by atoms with Crippen molar-refractivity contribution >= 4 is 22.5 Å². The molecule has 1 amide bonds. The summed E-state index contributed by atoms with van der Waals surface area (Å²) in [6, 6.07) is 9.86. The highest BCUT2D eigenvalue weighted by atomic mass is 16.7. The van der Waals surface area contributed by atoms with Crippen LogP contribution in [0.3, 0.4) is 0 Å². The summed E-state index contributed by atoms with van der Waals surface area (Å²) in [5, 5.41) is 4.10. The van der Waals surface area contributed by atoms with Gasteiger partial charge in [-0.05, 0) is 31.9 Å². The van der Waals surface area contributed by atoms with Gasteiger partial charge in [0.25, 0.3) is 0 Å². The van der Waals surface area contributed by atoms with E-state index in [9.17, 15) is 4.79 Å². The summed E-state index contributed by atoms with van der Waals surface area (Å²) < 4.78 is 11.8. The number of hydrogen-bond donors (Lipinski definition) is 1. The van der Waals surface area contributed by atoms with Gasteiger partial charge < -0.3 is 14.8 Å². The zero-order chi connectivity index (χ0) is 17.3. The van der Waals surface area contributed by atoms with E-state index in [0.29, 0.717) is 13.2 Å². The van der Waals surface area contributed by atoms with Gasteiger partial charge in [0.2, 0.25) is 5.91 Å². The molecular weight excluding hydrogens is 316 g/mol. The third kappa shape index (κ3) is 2.81. The number of carbonyl (C=O) groups is 1. The minimum atomic E-state index is -0.845. The van der Waals surface area contributed by atoms with Crippen molar-refractivity contribution in [2.45, 2.75) is 44.8 Å². The maximum atomic E-state index is 13.3. The summed E-state index contributed by atoms with van der Waals surface area (Å²) in [5.41, 5.74) is 0.991. The summed E-state index contributed by atoms with van der Waals surface area (Å²) in [5.74, 6) is -0.865. The average Bonchev–Trinajstić information content (AvgIpc) is 3.10. The molecule has 1 aliphatic heterocycles. The van der Waals surface area contributed by atoms with Crippen LogP contribution in [0, 0.1) is 5.41 Å². The maximum absolute atomic E-state index is 13.3. The first-order valence-corrected chi connectivity index (χ1v) is 9.07. The van der Waals surface area contributed by atoms with Crippen LogP contribution in [0.5, 0.6) is 0 Å². The third-order valence-corrected chi connectivity index (χ3v) is 5.70. The average molecular weight is 340 g/mol. The van der Waals surface area contributed by atoms with Gasteiger partial charge in [-0.2, -0.15) is 0 Å². The number of anilines is 1. The Morgan fingerprint density at radius 2 is 1.84 bits per heavy atom. The van der Waals surface area contributed by atoms with Gasteiger partial charge in [-0.15, -0.1) is 0 Å². The fourth-order valence-electron chi connectivity index (χ4n) is 4.22. The van der Waals surface area contributed by atoms with Crippen LogP contribution in [-0.4, -0.2) is 29.9 Å². The van der Waals surface area contributed by atoms with E-state index >= 15 is 0 Å². The number of ether oxygens (including phenoxy) is 2. The summed E-state index contributed by atoms with van der Waals surface area (Å²) >= 11 is 0. The zero-order valence-corrected chi connectivity index (χ0v) is 14.6. The smallest absolute Gasteiger partial charge is 0.236 e. The van der Waals surface area contributed by atoms with E-state index < -0.39 is 11.2 Å². The lowest BCUT2D eigenvalue weighted by Gasteiger charge is -2.45. The van der Waals surface area contributed by atoms with E-state index in [0.717, 1.165) is 48.7 Å². The number of aromatic nitrogens is 1. The quantitative estimate of drug-likeness (QED) is 0.921. The fourth-order valence-corrected chi connectivity index (χ4v) is 4.22. The summed E-state index contributed by atoms with van der Waals surface area (Å²) in [4.78, 5) is 17.8. The molecule has 25 heavy (non-hydrogen) atoms. The van der Waals surface area contributed by atoms with Crippen molar-refractivity contribution in [1.82, 2.24) is 4.98 Å². The van der Waals surface area contributed by atoms with Crippen molar-refractivity contribution in [3.63, 3.8) is 0 Å². The van der Waals surface area contributed by atoms with Gasteiger partial charge in [-0.25, -0.2) is 0 Å². The van der Waals surface area contributed by atoms with Gasteiger partial charge in [0, 0.05) is 5.39 Å². The molecular formula is C20H24N2O3. The van der Waals surface area contributed by atoms with Crippen molar-refractivity contribution in [2.75, 3.05) is 18.5 Å². The number of benzene rings is 1. The number of amides is 1. The van der Waals surface area contributed by atoms with E-state index in [4.69, 9.17) is 9.47 Å². The third-order valence-electron chi connectivity index (χ3n) is 5.70. The highest BCUT2D eigenvalue weighted by molar-refractivity contribution is 5.97. The lowest BCUT2D eigenvalue weighted by Crippen LogP contribution is -2.55. The molecule has 0 atom stereocenters.